The molecule has 5 heteroatoms. The average molecular weight is 254 g/mol. The number of nitrogen functional groups attached to an aromatic ring is 1. The van der Waals surface area contributed by atoms with E-state index in [9.17, 15) is 9.18 Å². The zero-order valence-corrected chi connectivity index (χ0v) is 10.7. The van der Waals surface area contributed by atoms with Gasteiger partial charge in [0.1, 0.15) is 0 Å². The number of ether oxygens (including phenoxy) is 1. The predicted octanol–water partition coefficient (Wildman–Crippen LogP) is 2.32. The van der Waals surface area contributed by atoms with E-state index in [1.54, 1.807) is 0 Å². The Bertz CT molecular complexity index is 431. The lowest BCUT2D eigenvalue weighted by molar-refractivity contribution is 0.100. The van der Waals surface area contributed by atoms with Gasteiger partial charge in [-0.25, -0.2) is 4.39 Å². The molecule has 0 aromatic heterocycles. The van der Waals surface area contributed by atoms with Crippen LogP contribution < -0.4 is 16.2 Å². The Balaban J connectivity index is 2.88. The Kier molecular flexibility index (Phi) is 4.95. The number of hydrogen-bond donors (Lipinski definition) is 2. The molecule has 0 aliphatic heterocycles. The Morgan fingerprint density at radius 1 is 1.39 bits per heavy atom. The molecule has 0 aliphatic rings. The fourth-order valence-electron chi connectivity index (χ4n) is 1.62. The highest BCUT2D eigenvalue weighted by molar-refractivity contribution is 5.98. The van der Waals surface area contributed by atoms with Crippen molar-refractivity contribution in [1.82, 2.24) is 0 Å². The van der Waals surface area contributed by atoms with Crippen molar-refractivity contribution in [3.63, 3.8) is 0 Å². The lowest BCUT2D eigenvalue weighted by Crippen LogP contribution is -2.15. The molecule has 1 aromatic rings. The molecule has 18 heavy (non-hydrogen) atoms. The van der Waals surface area contributed by atoms with Crippen molar-refractivity contribution in [2.75, 3.05) is 12.3 Å². The molecule has 0 spiro atoms. The van der Waals surface area contributed by atoms with Crippen molar-refractivity contribution in [2.24, 2.45) is 11.7 Å². The van der Waals surface area contributed by atoms with Crippen molar-refractivity contribution in [3.8, 4) is 5.75 Å². The maximum absolute atomic E-state index is 13.6. The molecule has 1 aromatic carbocycles. The molecule has 0 aliphatic carbocycles. The SMILES string of the molecule is CCC(CC)COc1cc(C(N)=O)c(N)cc1F. The normalized spacial score (nSPS) is 10.7. The summed E-state index contributed by atoms with van der Waals surface area (Å²) < 4.78 is 19.0. The van der Waals surface area contributed by atoms with Gasteiger partial charge in [-0.3, -0.25) is 4.79 Å². The fraction of sp³-hybridized carbons (Fsp3) is 0.462. The molecular weight excluding hydrogens is 235 g/mol. The number of amides is 1. The van der Waals surface area contributed by atoms with Crippen molar-refractivity contribution < 1.29 is 13.9 Å². The topological polar surface area (TPSA) is 78.3 Å². The van der Waals surface area contributed by atoms with Crippen LogP contribution in [0.5, 0.6) is 5.75 Å². The summed E-state index contributed by atoms with van der Waals surface area (Å²) in [6.07, 6.45) is 1.91. The van der Waals surface area contributed by atoms with Crippen LogP contribution in [-0.4, -0.2) is 12.5 Å². The minimum absolute atomic E-state index is 0.0184. The molecule has 0 unspecified atom stereocenters. The smallest absolute Gasteiger partial charge is 0.250 e. The van der Waals surface area contributed by atoms with Gasteiger partial charge in [-0.1, -0.05) is 26.7 Å². The number of rotatable bonds is 6. The van der Waals surface area contributed by atoms with Crippen LogP contribution in [0.3, 0.4) is 0 Å². The Morgan fingerprint density at radius 2 is 2.00 bits per heavy atom. The van der Waals surface area contributed by atoms with Gasteiger partial charge < -0.3 is 16.2 Å². The third-order valence-corrected chi connectivity index (χ3v) is 3.00. The van der Waals surface area contributed by atoms with Crippen LogP contribution in [0.15, 0.2) is 12.1 Å². The Labute approximate surface area is 106 Å². The van der Waals surface area contributed by atoms with Crippen LogP contribution in [0.25, 0.3) is 0 Å². The van der Waals surface area contributed by atoms with Gasteiger partial charge in [0.2, 0.25) is 0 Å². The molecule has 0 saturated heterocycles. The van der Waals surface area contributed by atoms with Gasteiger partial charge in [0.05, 0.1) is 12.2 Å². The van der Waals surface area contributed by atoms with E-state index in [1.165, 1.54) is 6.07 Å². The highest BCUT2D eigenvalue weighted by Gasteiger charge is 2.14. The molecule has 0 saturated carbocycles. The zero-order chi connectivity index (χ0) is 13.7. The number of nitrogens with two attached hydrogens (primary N) is 2. The molecule has 0 radical (unpaired) electrons. The second-order valence-corrected chi connectivity index (χ2v) is 4.23. The van der Waals surface area contributed by atoms with E-state index >= 15 is 0 Å². The number of benzene rings is 1. The quantitative estimate of drug-likeness (QED) is 0.765. The number of halogens is 1. The summed E-state index contributed by atoms with van der Waals surface area (Å²) in [6, 6.07) is 2.32. The summed E-state index contributed by atoms with van der Waals surface area (Å²) in [4.78, 5) is 11.1. The van der Waals surface area contributed by atoms with Gasteiger partial charge in [0.15, 0.2) is 11.6 Å². The highest BCUT2D eigenvalue weighted by Crippen LogP contribution is 2.25. The van der Waals surface area contributed by atoms with E-state index in [1.807, 2.05) is 13.8 Å². The standard InChI is InChI=1S/C13H19FN2O2/c1-3-8(4-2)7-18-12-5-9(13(16)17)11(15)6-10(12)14/h5-6,8H,3-4,7,15H2,1-2H3,(H2,16,17). The zero-order valence-electron chi connectivity index (χ0n) is 10.7. The van der Waals surface area contributed by atoms with Gasteiger partial charge in [-0.05, 0) is 12.0 Å². The van der Waals surface area contributed by atoms with Crippen molar-refractivity contribution in [1.29, 1.82) is 0 Å². The summed E-state index contributed by atoms with van der Waals surface area (Å²) in [5, 5.41) is 0. The number of carbonyl (C=O) groups is 1. The first kappa shape index (κ1) is 14.3. The van der Waals surface area contributed by atoms with Crippen molar-refractivity contribution >= 4 is 11.6 Å². The first-order valence-electron chi connectivity index (χ1n) is 6.01. The Morgan fingerprint density at radius 3 is 2.50 bits per heavy atom. The Hall–Kier alpha value is -1.78. The van der Waals surface area contributed by atoms with Crippen LogP contribution in [0.1, 0.15) is 37.0 Å². The number of carbonyl (C=O) groups excluding carboxylic acids is 1. The number of primary amides is 1. The van der Waals surface area contributed by atoms with Crippen LogP contribution in [0, 0.1) is 11.7 Å². The highest BCUT2D eigenvalue weighted by atomic mass is 19.1. The molecule has 4 N–H and O–H groups in total. The summed E-state index contributed by atoms with van der Waals surface area (Å²) in [5.41, 5.74) is 10.8. The third-order valence-electron chi connectivity index (χ3n) is 3.00. The molecule has 0 fully saturated rings. The molecule has 0 atom stereocenters. The van der Waals surface area contributed by atoms with Crippen LogP contribution in [0.4, 0.5) is 10.1 Å². The van der Waals surface area contributed by atoms with Gasteiger partial charge in [0, 0.05) is 11.8 Å². The molecule has 100 valence electrons. The summed E-state index contributed by atoms with van der Waals surface area (Å²) in [5.74, 6) is -0.896. The maximum atomic E-state index is 13.6. The molecule has 0 heterocycles. The molecule has 1 amide bonds. The predicted molar refractivity (Wildman–Crippen MR) is 68.9 cm³/mol. The second kappa shape index (κ2) is 6.23. The van der Waals surface area contributed by atoms with Gasteiger partial charge in [-0.2, -0.15) is 0 Å². The van der Waals surface area contributed by atoms with Gasteiger partial charge >= 0.3 is 0 Å². The van der Waals surface area contributed by atoms with Crippen molar-refractivity contribution in [2.45, 2.75) is 26.7 Å². The monoisotopic (exact) mass is 254 g/mol. The summed E-state index contributed by atoms with van der Waals surface area (Å²) in [6.45, 7) is 4.50. The number of anilines is 1. The lowest BCUT2D eigenvalue weighted by Gasteiger charge is -2.15. The molecule has 0 bridgehead atoms. The maximum Gasteiger partial charge on any atom is 0.250 e. The van der Waals surface area contributed by atoms with E-state index in [2.05, 4.69) is 0 Å². The molecule has 1 rings (SSSR count). The molecular formula is C13H19FN2O2. The van der Waals surface area contributed by atoms with E-state index in [4.69, 9.17) is 16.2 Å². The van der Waals surface area contributed by atoms with E-state index < -0.39 is 11.7 Å². The van der Waals surface area contributed by atoms with E-state index in [0.717, 1.165) is 18.9 Å². The first-order chi connectivity index (χ1) is 8.49. The molecule has 4 nitrogen and oxygen atoms in total. The lowest BCUT2D eigenvalue weighted by atomic mass is 10.1. The van der Waals surface area contributed by atoms with Crippen LogP contribution in [-0.2, 0) is 0 Å². The minimum Gasteiger partial charge on any atom is -0.490 e. The van der Waals surface area contributed by atoms with Crippen LogP contribution in [0.2, 0.25) is 0 Å². The summed E-state index contributed by atoms with van der Waals surface area (Å²) in [7, 11) is 0. The van der Waals surface area contributed by atoms with Gasteiger partial charge in [0.25, 0.3) is 5.91 Å². The third kappa shape index (κ3) is 3.35. The fourth-order valence-corrected chi connectivity index (χ4v) is 1.62. The largest absolute Gasteiger partial charge is 0.490 e. The van der Waals surface area contributed by atoms with Crippen molar-refractivity contribution in [3.05, 3.63) is 23.5 Å². The summed E-state index contributed by atoms with van der Waals surface area (Å²) >= 11 is 0. The first-order valence-corrected chi connectivity index (χ1v) is 6.01. The van der Waals surface area contributed by atoms with Crippen LogP contribution >= 0.6 is 0 Å². The van der Waals surface area contributed by atoms with Gasteiger partial charge in [-0.15, -0.1) is 0 Å². The van der Waals surface area contributed by atoms with E-state index in [0.29, 0.717) is 12.5 Å². The average Bonchev–Trinajstić information content (AvgIpc) is 2.32. The minimum atomic E-state index is -0.695. The second-order valence-electron chi connectivity index (χ2n) is 4.23. The van der Waals surface area contributed by atoms with E-state index in [-0.39, 0.29) is 17.0 Å². The number of hydrogen-bond acceptors (Lipinski definition) is 3.